The molecule has 2 aromatic carbocycles. The summed E-state index contributed by atoms with van der Waals surface area (Å²) in [6.45, 7) is 8.55. The first-order chi connectivity index (χ1) is 29.4. The molecule has 6 aromatic rings. The minimum atomic E-state index is -3.57. The second-order valence-electron chi connectivity index (χ2n) is 15.9. The first-order valence-corrected chi connectivity index (χ1v) is 24.3. The third kappa shape index (κ3) is 10.9. The molecule has 62 heavy (non-hydrogen) atoms. The van der Waals surface area contributed by atoms with Gasteiger partial charge in [-0.25, -0.2) is 36.4 Å². The second-order valence-corrected chi connectivity index (χ2v) is 20.3. The van der Waals surface area contributed by atoms with Gasteiger partial charge in [-0.3, -0.25) is 9.13 Å². The molecule has 0 spiro atoms. The number of fused-ring (bicyclic) bond motifs is 2. The van der Waals surface area contributed by atoms with Crippen molar-refractivity contribution >= 4 is 48.1 Å². The molecule has 0 saturated heterocycles. The fourth-order valence-electron chi connectivity index (χ4n) is 7.70. The summed E-state index contributed by atoms with van der Waals surface area (Å²) in [7, 11) is -4.08. The van der Waals surface area contributed by atoms with E-state index in [4.69, 9.17) is 18.9 Å². The molecule has 16 nitrogen and oxygen atoms in total. The molecule has 0 fully saturated rings. The summed E-state index contributed by atoms with van der Waals surface area (Å²) in [6, 6.07) is 12.1. The van der Waals surface area contributed by atoms with Crippen molar-refractivity contribution in [2.75, 3.05) is 51.5 Å². The number of rotatable bonds is 20. The summed E-state index contributed by atoms with van der Waals surface area (Å²) in [6.07, 6.45) is 9.64. The molecule has 0 amide bonds. The van der Waals surface area contributed by atoms with E-state index >= 15 is 0 Å². The van der Waals surface area contributed by atoms with Crippen LogP contribution in [0.25, 0.3) is 28.4 Å². The van der Waals surface area contributed by atoms with Gasteiger partial charge in [-0.2, -0.15) is 0 Å². The normalized spacial score (nSPS) is 13.5. The Morgan fingerprint density at radius 1 is 0.742 bits per heavy atom. The van der Waals surface area contributed by atoms with Gasteiger partial charge in [0.2, 0.25) is 0 Å². The van der Waals surface area contributed by atoms with Crippen molar-refractivity contribution in [2.24, 2.45) is 5.92 Å². The molecule has 6 rings (SSSR count). The van der Waals surface area contributed by atoms with Gasteiger partial charge in [-0.15, -0.1) is 0 Å². The van der Waals surface area contributed by atoms with Crippen molar-refractivity contribution in [3.63, 3.8) is 0 Å². The topological polar surface area (TPSA) is 207 Å². The van der Waals surface area contributed by atoms with Gasteiger partial charge in [0.25, 0.3) is 0 Å². The monoisotopic (exact) mass is 890 g/mol. The number of allylic oxidation sites excluding steroid dienone is 1. The lowest BCUT2D eigenvalue weighted by atomic mass is 9.97. The largest absolute Gasteiger partial charge is 0.493 e. The highest BCUT2D eigenvalue weighted by Crippen LogP contribution is 2.35. The van der Waals surface area contributed by atoms with Crippen molar-refractivity contribution in [1.29, 1.82) is 0 Å². The Hall–Kier alpha value is -5.88. The number of benzene rings is 2. The number of methoxy groups -OCH3 is 2. The standard InChI is InChI=1S/C44H54N6O10S2/c1-9-59-39-21-31(12-14-37(39)57-5)35(25-61(7,53)54)49-42-34(48-44(49)52)20-30(24-46-42)18-28(4)11-10-16-60-40-22-32(13-15-38(40)58-6)36(26-62(8,55)56)50-41-33(47-43(50)51)19-29(23-45-41)17-27(2)3/h12-15,17,19-24,28,35-36H,9-11,16,18,25-26H2,1-8H3,(H,47,51)(H,48,52)/t28?,35-,36-/m0/s1. The van der Waals surface area contributed by atoms with Gasteiger partial charge in [0, 0.05) is 24.9 Å². The lowest BCUT2D eigenvalue weighted by Crippen LogP contribution is -2.28. The number of nitrogens with one attached hydrogen (secondary N) is 2. The number of hydrogen-bond acceptors (Lipinski definition) is 12. The van der Waals surface area contributed by atoms with Crippen molar-refractivity contribution in [3.05, 3.63) is 110 Å². The molecule has 0 aliphatic carbocycles. The Morgan fingerprint density at radius 3 is 1.76 bits per heavy atom. The average molecular weight is 891 g/mol. The number of aromatic amines is 2. The molecule has 0 aliphatic rings. The molecule has 2 N–H and O–H groups in total. The number of aromatic nitrogens is 6. The van der Waals surface area contributed by atoms with E-state index < -0.39 is 43.1 Å². The summed E-state index contributed by atoms with van der Waals surface area (Å²) in [5.74, 6) is 1.29. The van der Waals surface area contributed by atoms with E-state index in [1.54, 1.807) is 48.8 Å². The Balaban J connectivity index is 1.17. The molecule has 332 valence electrons. The second kappa shape index (κ2) is 19.0. The predicted molar refractivity (Wildman–Crippen MR) is 240 cm³/mol. The van der Waals surface area contributed by atoms with Crippen LogP contribution in [0.5, 0.6) is 23.0 Å². The fraction of sp³-hybridized carbons (Fsp3) is 0.409. The molecular formula is C44H54N6O10S2. The van der Waals surface area contributed by atoms with Crippen molar-refractivity contribution in [2.45, 2.75) is 59.0 Å². The minimum Gasteiger partial charge on any atom is -0.493 e. The van der Waals surface area contributed by atoms with Gasteiger partial charge in [0.1, 0.15) is 19.7 Å². The van der Waals surface area contributed by atoms with E-state index in [1.807, 2.05) is 39.0 Å². The molecule has 4 heterocycles. The molecule has 18 heteroatoms. The van der Waals surface area contributed by atoms with Gasteiger partial charge >= 0.3 is 11.4 Å². The Labute approximate surface area is 360 Å². The van der Waals surface area contributed by atoms with Crippen LogP contribution in [0.2, 0.25) is 0 Å². The smallest absolute Gasteiger partial charge is 0.328 e. The van der Waals surface area contributed by atoms with Crippen molar-refractivity contribution in [3.8, 4) is 23.0 Å². The maximum absolute atomic E-state index is 13.5. The van der Waals surface area contributed by atoms with Crippen LogP contribution >= 0.6 is 0 Å². The highest BCUT2D eigenvalue weighted by molar-refractivity contribution is 7.90. The van der Waals surface area contributed by atoms with Gasteiger partial charge in [-0.1, -0.05) is 30.7 Å². The minimum absolute atomic E-state index is 0.187. The van der Waals surface area contributed by atoms with Crippen LogP contribution < -0.4 is 30.3 Å². The van der Waals surface area contributed by atoms with E-state index in [2.05, 4.69) is 26.9 Å². The highest BCUT2D eigenvalue weighted by Gasteiger charge is 2.27. The number of pyridine rings is 2. The van der Waals surface area contributed by atoms with Crippen LogP contribution in [-0.2, 0) is 26.1 Å². The van der Waals surface area contributed by atoms with E-state index in [0.717, 1.165) is 35.6 Å². The predicted octanol–water partition coefficient (Wildman–Crippen LogP) is 5.91. The number of imidazole rings is 2. The summed E-state index contributed by atoms with van der Waals surface area (Å²) in [4.78, 5) is 41.8. The van der Waals surface area contributed by atoms with Gasteiger partial charge in [0.05, 0.1) is 62.1 Å². The zero-order valence-electron chi connectivity index (χ0n) is 36.2. The van der Waals surface area contributed by atoms with Crippen LogP contribution in [0, 0.1) is 5.92 Å². The molecule has 0 saturated carbocycles. The quantitative estimate of drug-likeness (QED) is 0.0859. The lowest BCUT2D eigenvalue weighted by molar-refractivity contribution is 0.277. The number of hydrogen-bond donors (Lipinski definition) is 2. The summed E-state index contributed by atoms with van der Waals surface area (Å²) < 4.78 is 76.5. The maximum Gasteiger partial charge on any atom is 0.328 e. The number of sulfone groups is 2. The van der Waals surface area contributed by atoms with Crippen LogP contribution in [0.15, 0.2) is 76.1 Å². The molecule has 1 unspecified atom stereocenters. The Morgan fingerprint density at radius 2 is 1.26 bits per heavy atom. The van der Waals surface area contributed by atoms with E-state index in [9.17, 15) is 26.4 Å². The Kier molecular flexibility index (Phi) is 14.0. The third-order valence-corrected chi connectivity index (χ3v) is 12.2. The van der Waals surface area contributed by atoms with E-state index in [-0.39, 0.29) is 17.4 Å². The zero-order chi connectivity index (χ0) is 44.9. The van der Waals surface area contributed by atoms with E-state index in [0.29, 0.717) is 82.5 Å². The van der Waals surface area contributed by atoms with E-state index in [1.165, 1.54) is 23.4 Å². The van der Waals surface area contributed by atoms with Crippen LogP contribution in [0.4, 0.5) is 0 Å². The van der Waals surface area contributed by atoms with Gasteiger partial charge < -0.3 is 28.9 Å². The number of H-pyrrole nitrogens is 2. The SMILES string of the molecule is CCOc1cc([C@H](CS(C)(=O)=O)n2c(=O)[nH]c3cc(CC(C)CCCOc4cc([C@H](CS(C)(=O)=O)n5c(=O)[nH]c6cc(C=C(C)C)cnc65)ccc4OC)cnc32)ccc1OC. The zero-order valence-corrected chi connectivity index (χ0v) is 37.9. The van der Waals surface area contributed by atoms with Crippen LogP contribution in [0.3, 0.4) is 0 Å². The number of nitrogens with zero attached hydrogens (tertiary/aromatic N) is 4. The average Bonchev–Trinajstić information content (AvgIpc) is 3.70. The first kappa shape index (κ1) is 45.6. The fourth-order valence-corrected chi connectivity index (χ4v) is 9.53. The first-order valence-electron chi connectivity index (χ1n) is 20.2. The lowest BCUT2D eigenvalue weighted by Gasteiger charge is -2.20. The van der Waals surface area contributed by atoms with Crippen LogP contribution in [0.1, 0.15) is 74.9 Å². The maximum atomic E-state index is 13.5. The van der Waals surface area contributed by atoms with Crippen molar-refractivity contribution in [1.82, 2.24) is 29.1 Å². The number of ether oxygens (including phenoxy) is 4. The molecular weight excluding hydrogens is 837 g/mol. The summed E-state index contributed by atoms with van der Waals surface area (Å²) >= 11 is 0. The molecule has 0 bridgehead atoms. The molecule has 3 atom stereocenters. The third-order valence-electron chi connectivity index (χ3n) is 10.3. The van der Waals surface area contributed by atoms with Crippen molar-refractivity contribution < 1.29 is 35.8 Å². The van der Waals surface area contributed by atoms with Gasteiger partial charge in [-0.05, 0) is 105 Å². The molecule has 4 aromatic heterocycles. The Bertz CT molecular complexity index is 2950. The van der Waals surface area contributed by atoms with Crippen LogP contribution in [-0.4, -0.2) is 97.4 Å². The summed E-state index contributed by atoms with van der Waals surface area (Å²) in [5.41, 5.74) is 4.52. The molecule has 0 radical (unpaired) electrons. The summed E-state index contributed by atoms with van der Waals surface area (Å²) in [5, 5.41) is 0. The molecule has 0 aliphatic heterocycles. The highest BCUT2D eigenvalue weighted by atomic mass is 32.2. The van der Waals surface area contributed by atoms with Gasteiger partial charge in [0.15, 0.2) is 34.3 Å².